The Bertz CT molecular complexity index is 942. The third-order valence-corrected chi connectivity index (χ3v) is 6.97. The summed E-state index contributed by atoms with van der Waals surface area (Å²) in [4.78, 5) is 17.0. The quantitative estimate of drug-likeness (QED) is 0.676. The second-order valence-corrected chi connectivity index (χ2v) is 10.2. The Kier molecular flexibility index (Phi) is 7.15. The number of amides is 1. The first kappa shape index (κ1) is 22.3. The van der Waals surface area contributed by atoms with Gasteiger partial charge in [-0.2, -0.15) is 0 Å². The van der Waals surface area contributed by atoms with Gasteiger partial charge >= 0.3 is 0 Å². The fourth-order valence-electron chi connectivity index (χ4n) is 3.77. The largest absolute Gasteiger partial charge is 0.492 e. The monoisotopic (exact) mass is 430 g/mol. The van der Waals surface area contributed by atoms with Crippen LogP contribution in [-0.4, -0.2) is 68.9 Å². The highest BCUT2D eigenvalue weighted by Crippen LogP contribution is 2.25. The second kappa shape index (κ2) is 9.62. The summed E-state index contributed by atoms with van der Waals surface area (Å²) in [6.45, 7) is 5.61. The normalized spacial score (nSPS) is 17.3. The van der Waals surface area contributed by atoms with Gasteiger partial charge in [0.1, 0.15) is 18.4 Å². The molecule has 6 nitrogen and oxygen atoms in total. The Morgan fingerprint density at radius 1 is 1.07 bits per heavy atom. The molecule has 0 aliphatic carbocycles. The molecule has 2 aromatic rings. The van der Waals surface area contributed by atoms with Crippen LogP contribution in [0.25, 0.3) is 0 Å². The van der Waals surface area contributed by atoms with Gasteiger partial charge in [0.15, 0.2) is 9.84 Å². The molecule has 0 radical (unpaired) electrons. The molecule has 3 rings (SSSR count). The van der Waals surface area contributed by atoms with Crippen LogP contribution in [0.15, 0.2) is 48.5 Å². The number of hydrogen-bond donors (Lipinski definition) is 0. The van der Waals surface area contributed by atoms with Crippen molar-refractivity contribution in [1.29, 1.82) is 0 Å². The lowest BCUT2D eigenvalue weighted by Gasteiger charge is -2.35. The number of aryl methyl sites for hydroxylation is 2. The summed E-state index contributed by atoms with van der Waals surface area (Å²) in [7, 11) is -1.25. The summed E-state index contributed by atoms with van der Waals surface area (Å²) in [5.74, 6) is 0.922. The van der Waals surface area contributed by atoms with Gasteiger partial charge in [0, 0.05) is 20.1 Å². The third kappa shape index (κ3) is 5.83. The Morgan fingerprint density at radius 3 is 2.27 bits per heavy atom. The van der Waals surface area contributed by atoms with E-state index < -0.39 is 15.9 Å². The van der Waals surface area contributed by atoms with E-state index in [9.17, 15) is 13.2 Å². The van der Waals surface area contributed by atoms with Gasteiger partial charge in [-0.1, -0.05) is 36.4 Å². The number of carbonyl (C=O) groups excluding carboxylic acids is 1. The van der Waals surface area contributed by atoms with Crippen molar-refractivity contribution >= 4 is 15.7 Å². The van der Waals surface area contributed by atoms with Gasteiger partial charge in [-0.05, 0) is 42.7 Å². The summed E-state index contributed by atoms with van der Waals surface area (Å²) >= 11 is 0. The highest BCUT2D eigenvalue weighted by atomic mass is 32.2. The molecule has 1 fully saturated rings. The molecule has 1 unspecified atom stereocenters. The molecule has 0 saturated carbocycles. The zero-order chi connectivity index (χ0) is 21.7. The van der Waals surface area contributed by atoms with Gasteiger partial charge in [-0.15, -0.1) is 0 Å². The van der Waals surface area contributed by atoms with Crippen molar-refractivity contribution in [1.82, 2.24) is 9.80 Å². The van der Waals surface area contributed by atoms with Gasteiger partial charge < -0.3 is 9.64 Å². The molecule has 30 heavy (non-hydrogen) atoms. The van der Waals surface area contributed by atoms with Crippen LogP contribution in [0.2, 0.25) is 0 Å². The molecule has 1 saturated heterocycles. The molecule has 1 aliphatic rings. The molecule has 7 heteroatoms. The highest BCUT2D eigenvalue weighted by Gasteiger charge is 2.33. The van der Waals surface area contributed by atoms with Gasteiger partial charge in [0.2, 0.25) is 5.91 Å². The van der Waals surface area contributed by atoms with Crippen LogP contribution in [0.4, 0.5) is 0 Å². The molecule has 0 bridgehead atoms. The van der Waals surface area contributed by atoms with Gasteiger partial charge in [0.05, 0.1) is 18.1 Å². The van der Waals surface area contributed by atoms with E-state index in [2.05, 4.69) is 6.07 Å². The minimum Gasteiger partial charge on any atom is -0.492 e. The van der Waals surface area contributed by atoms with Crippen molar-refractivity contribution in [3.8, 4) is 5.75 Å². The first-order valence-electron chi connectivity index (χ1n) is 10.2. The van der Waals surface area contributed by atoms with E-state index >= 15 is 0 Å². The number of sulfone groups is 1. The number of rotatable bonds is 7. The maximum absolute atomic E-state index is 13.3. The van der Waals surface area contributed by atoms with Crippen molar-refractivity contribution in [3.05, 3.63) is 65.2 Å². The zero-order valence-corrected chi connectivity index (χ0v) is 18.7. The number of likely N-dealkylation sites (N-methyl/N-ethyl adjacent to an activating group) is 1. The Morgan fingerprint density at radius 2 is 1.67 bits per heavy atom. The van der Waals surface area contributed by atoms with Gasteiger partial charge in [-0.25, -0.2) is 8.42 Å². The van der Waals surface area contributed by atoms with Gasteiger partial charge in [-0.3, -0.25) is 9.69 Å². The molecule has 2 aromatic carbocycles. The van der Waals surface area contributed by atoms with Crippen LogP contribution >= 0.6 is 0 Å². The van der Waals surface area contributed by atoms with Crippen molar-refractivity contribution in [2.45, 2.75) is 19.9 Å². The number of benzene rings is 2. The van der Waals surface area contributed by atoms with Crippen LogP contribution < -0.4 is 4.74 Å². The van der Waals surface area contributed by atoms with Crippen molar-refractivity contribution in [3.63, 3.8) is 0 Å². The van der Waals surface area contributed by atoms with E-state index in [0.29, 0.717) is 26.2 Å². The van der Waals surface area contributed by atoms with E-state index in [1.165, 1.54) is 0 Å². The van der Waals surface area contributed by atoms with Crippen LogP contribution in [0.3, 0.4) is 0 Å². The maximum atomic E-state index is 13.3. The van der Waals surface area contributed by atoms with Crippen LogP contribution in [0, 0.1) is 13.8 Å². The number of carbonyl (C=O) groups is 1. The Balaban J connectivity index is 1.67. The zero-order valence-electron chi connectivity index (χ0n) is 17.9. The third-order valence-electron chi connectivity index (χ3n) is 5.36. The van der Waals surface area contributed by atoms with E-state index in [4.69, 9.17) is 4.74 Å². The molecule has 0 aromatic heterocycles. The fourth-order valence-corrected chi connectivity index (χ4v) is 4.99. The summed E-state index contributed by atoms with van der Waals surface area (Å²) in [6, 6.07) is 15.1. The number of ether oxygens (including phenoxy) is 1. The molecular weight excluding hydrogens is 400 g/mol. The molecule has 1 aliphatic heterocycles. The average Bonchev–Trinajstić information content (AvgIpc) is 2.69. The molecule has 0 N–H and O–H groups in total. The molecule has 0 spiro atoms. The number of nitrogens with zero attached hydrogens (tertiary/aromatic N) is 2. The van der Waals surface area contributed by atoms with E-state index in [1.54, 1.807) is 11.9 Å². The summed E-state index contributed by atoms with van der Waals surface area (Å²) in [6.07, 6.45) is 0. The first-order valence-corrected chi connectivity index (χ1v) is 12.0. The lowest BCUT2D eigenvalue weighted by Crippen LogP contribution is -2.48. The van der Waals surface area contributed by atoms with Crippen molar-refractivity contribution < 1.29 is 17.9 Å². The maximum Gasteiger partial charge on any atom is 0.244 e. The lowest BCUT2D eigenvalue weighted by molar-refractivity contribution is -0.136. The fraction of sp³-hybridized carbons (Fsp3) is 0.435. The summed E-state index contributed by atoms with van der Waals surface area (Å²) < 4.78 is 29.5. The number of hydrogen-bond acceptors (Lipinski definition) is 5. The lowest BCUT2D eigenvalue weighted by atomic mass is 10.0. The minimum absolute atomic E-state index is 0.0514. The predicted molar refractivity (Wildman–Crippen MR) is 118 cm³/mol. The van der Waals surface area contributed by atoms with E-state index in [-0.39, 0.29) is 17.4 Å². The van der Waals surface area contributed by atoms with Crippen molar-refractivity contribution in [2.24, 2.45) is 0 Å². The summed E-state index contributed by atoms with van der Waals surface area (Å²) in [5, 5.41) is 0. The van der Waals surface area contributed by atoms with Crippen LogP contribution in [0.1, 0.15) is 22.7 Å². The van der Waals surface area contributed by atoms with E-state index in [0.717, 1.165) is 22.4 Å². The SMILES string of the molecule is Cc1cc(C)cc(OCCN(C)C(=O)C(c2ccccc2)N2CCS(=O)(=O)CC2)c1. The smallest absolute Gasteiger partial charge is 0.244 e. The summed E-state index contributed by atoms with van der Waals surface area (Å²) in [5.41, 5.74) is 3.15. The minimum atomic E-state index is -3.02. The molecule has 162 valence electrons. The highest BCUT2D eigenvalue weighted by molar-refractivity contribution is 7.91. The van der Waals surface area contributed by atoms with E-state index in [1.807, 2.05) is 61.2 Å². The molecule has 1 heterocycles. The van der Waals surface area contributed by atoms with Crippen LogP contribution in [0.5, 0.6) is 5.75 Å². The topological polar surface area (TPSA) is 66.9 Å². The second-order valence-electron chi connectivity index (χ2n) is 7.93. The first-order chi connectivity index (χ1) is 14.2. The molecule has 1 amide bonds. The van der Waals surface area contributed by atoms with Crippen molar-refractivity contribution in [2.75, 3.05) is 44.8 Å². The average molecular weight is 431 g/mol. The Hall–Kier alpha value is -2.38. The Labute approximate surface area is 179 Å². The molecular formula is C23H30N2O4S. The predicted octanol–water partition coefficient (Wildman–Crippen LogP) is 2.61. The van der Waals surface area contributed by atoms with Gasteiger partial charge in [0.25, 0.3) is 0 Å². The standard InChI is InChI=1S/C23H30N2O4S/c1-18-15-19(2)17-21(16-18)29-12-9-24(3)23(26)22(20-7-5-4-6-8-20)25-10-13-30(27,28)14-11-25/h4-8,15-17,22H,9-14H2,1-3H3. The van der Waals surface area contributed by atoms with Crippen LogP contribution in [-0.2, 0) is 14.6 Å². The molecule has 1 atom stereocenters.